The SMILES string of the molecule is CN(C)S(=O)(=O)c1cccc(-c2c(Cl)n(CC(F)=CCN)c3cccnc23)c1.Cl.Cl. The highest BCUT2D eigenvalue weighted by atomic mass is 35.5. The lowest BCUT2D eigenvalue weighted by atomic mass is 10.1. The minimum absolute atomic E-state index is 0. The monoisotopic (exact) mass is 494 g/mol. The number of aromatic nitrogens is 2. The maximum Gasteiger partial charge on any atom is 0.242 e. The van der Waals surface area contributed by atoms with Crippen LogP contribution in [-0.2, 0) is 16.6 Å². The molecule has 0 aliphatic rings. The summed E-state index contributed by atoms with van der Waals surface area (Å²) < 4.78 is 41.8. The zero-order chi connectivity index (χ0) is 20.5. The van der Waals surface area contributed by atoms with Gasteiger partial charge in [-0.3, -0.25) is 4.98 Å². The Morgan fingerprint density at radius 3 is 2.60 bits per heavy atom. The van der Waals surface area contributed by atoms with E-state index >= 15 is 0 Å². The minimum atomic E-state index is -3.61. The Balaban J connectivity index is 0.00000225. The predicted octanol–water partition coefficient (Wildman–Crippen LogP) is 4.26. The van der Waals surface area contributed by atoms with Crippen molar-refractivity contribution in [1.82, 2.24) is 13.9 Å². The number of allylic oxidation sites excluding steroid dienone is 1. The summed E-state index contributed by atoms with van der Waals surface area (Å²) in [6, 6.07) is 9.97. The number of halogens is 4. The molecule has 0 spiro atoms. The smallest absolute Gasteiger partial charge is 0.242 e. The lowest BCUT2D eigenvalue weighted by Gasteiger charge is -2.12. The maximum absolute atomic E-state index is 14.1. The van der Waals surface area contributed by atoms with Gasteiger partial charge in [-0.2, -0.15) is 0 Å². The van der Waals surface area contributed by atoms with Gasteiger partial charge >= 0.3 is 0 Å². The molecule has 11 heteroatoms. The average molecular weight is 496 g/mol. The summed E-state index contributed by atoms with van der Waals surface area (Å²) in [6.45, 7) is -0.00782. The lowest BCUT2D eigenvalue weighted by molar-refractivity contribution is 0.521. The molecule has 0 unspecified atom stereocenters. The summed E-state index contributed by atoms with van der Waals surface area (Å²) in [5.74, 6) is -0.416. The van der Waals surface area contributed by atoms with Crippen molar-refractivity contribution in [3.63, 3.8) is 0 Å². The molecule has 30 heavy (non-hydrogen) atoms. The van der Waals surface area contributed by atoms with E-state index in [1.807, 2.05) is 0 Å². The van der Waals surface area contributed by atoms with Crippen LogP contribution in [-0.4, -0.2) is 42.9 Å². The molecule has 0 radical (unpaired) electrons. The van der Waals surface area contributed by atoms with E-state index in [0.29, 0.717) is 22.2 Å². The van der Waals surface area contributed by atoms with E-state index in [1.54, 1.807) is 41.1 Å². The number of sulfonamides is 1. The normalized spacial score (nSPS) is 12.0. The van der Waals surface area contributed by atoms with Crippen LogP contribution in [0.15, 0.2) is 59.4 Å². The maximum atomic E-state index is 14.1. The zero-order valence-electron chi connectivity index (χ0n) is 16.2. The van der Waals surface area contributed by atoms with Crippen molar-refractivity contribution in [3.05, 3.63) is 59.7 Å². The summed E-state index contributed by atoms with van der Waals surface area (Å²) in [4.78, 5) is 4.52. The first-order chi connectivity index (χ1) is 13.3. The number of benzene rings is 1. The van der Waals surface area contributed by atoms with Crippen molar-refractivity contribution >= 4 is 57.5 Å². The molecule has 2 heterocycles. The molecule has 164 valence electrons. The molecule has 1 aromatic carbocycles. The minimum Gasteiger partial charge on any atom is -0.327 e. The summed E-state index contributed by atoms with van der Waals surface area (Å²) in [5, 5.41) is 0.272. The Morgan fingerprint density at radius 1 is 1.27 bits per heavy atom. The van der Waals surface area contributed by atoms with Gasteiger partial charge in [-0.1, -0.05) is 23.7 Å². The number of nitrogens with two attached hydrogens (primary N) is 1. The summed E-state index contributed by atoms with van der Waals surface area (Å²) in [5.41, 5.74) is 7.72. The Labute approximate surface area is 192 Å². The Kier molecular flexibility index (Phi) is 9.28. The second kappa shape index (κ2) is 10.6. The lowest BCUT2D eigenvalue weighted by Crippen LogP contribution is -2.22. The molecule has 2 aromatic heterocycles. The third-order valence-electron chi connectivity index (χ3n) is 4.31. The number of pyridine rings is 1. The van der Waals surface area contributed by atoms with Crippen molar-refractivity contribution in [3.8, 4) is 11.1 Å². The molecule has 3 rings (SSSR count). The van der Waals surface area contributed by atoms with E-state index < -0.39 is 15.9 Å². The second-order valence-electron chi connectivity index (χ2n) is 6.33. The van der Waals surface area contributed by atoms with Crippen LogP contribution in [0.3, 0.4) is 0 Å². The summed E-state index contributed by atoms with van der Waals surface area (Å²) in [7, 11) is -0.679. The van der Waals surface area contributed by atoms with Crippen LogP contribution in [0.5, 0.6) is 0 Å². The van der Waals surface area contributed by atoms with Crippen molar-refractivity contribution in [1.29, 1.82) is 0 Å². The highest BCUT2D eigenvalue weighted by Gasteiger charge is 2.22. The first kappa shape index (κ1) is 26.4. The fraction of sp³-hybridized carbons (Fsp3) is 0.211. The average Bonchev–Trinajstić information content (AvgIpc) is 2.94. The van der Waals surface area contributed by atoms with E-state index in [4.69, 9.17) is 17.3 Å². The molecule has 2 N–H and O–H groups in total. The van der Waals surface area contributed by atoms with Crippen LogP contribution in [0.4, 0.5) is 4.39 Å². The number of hydrogen-bond acceptors (Lipinski definition) is 4. The molecular weight excluding hydrogens is 474 g/mol. The second-order valence-corrected chi connectivity index (χ2v) is 8.83. The summed E-state index contributed by atoms with van der Waals surface area (Å²) >= 11 is 6.60. The molecule has 6 nitrogen and oxygen atoms in total. The van der Waals surface area contributed by atoms with Crippen LogP contribution in [0.25, 0.3) is 22.2 Å². The highest BCUT2D eigenvalue weighted by molar-refractivity contribution is 7.89. The number of nitrogens with zero attached hydrogens (tertiary/aromatic N) is 3. The van der Waals surface area contributed by atoms with Gasteiger partial charge in [0.1, 0.15) is 11.0 Å². The van der Waals surface area contributed by atoms with Crippen molar-refractivity contribution in [2.75, 3.05) is 20.6 Å². The molecule has 0 saturated carbocycles. The first-order valence-corrected chi connectivity index (χ1v) is 10.3. The third kappa shape index (κ3) is 4.96. The van der Waals surface area contributed by atoms with Crippen LogP contribution < -0.4 is 5.73 Å². The third-order valence-corrected chi connectivity index (χ3v) is 6.51. The van der Waals surface area contributed by atoms with E-state index in [2.05, 4.69) is 4.98 Å². The van der Waals surface area contributed by atoms with Crippen molar-refractivity contribution < 1.29 is 12.8 Å². The van der Waals surface area contributed by atoms with Crippen LogP contribution >= 0.6 is 36.4 Å². The standard InChI is InChI=1S/C19H20ClFN4O2S.2ClH/c1-24(2)28(26,27)15-6-3-5-13(11-15)17-18-16(7-4-10-23-18)25(19(17)20)12-14(21)8-9-22;;/h3-8,10-11H,9,12,22H2,1-2H3;2*1H. The number of fused-ring (bicyclic) bond motifs is 1. The largest absolute Gasteiger partial charge is 0.327 e. The molecule has 0 bridgehead atoms. The Hall–Kier alpha value is -1.68. The van der Waals surface area contributed by atoms with Gasteiger partial charge in [-0.15, -0.1) is 24.8 Å². The molecule has 3 aromatic rings. The van der Waals surface area contributed by atoms with Gasteiger partial charge in [-0.25, -0.2) is 17.1 Å². The van der Waals surface area contributed by atoms with Gasteiger partial charge in [0.2, 0.25) is 10.0 Å². The predicted molar refractivity (Wildman–Crippen MR) is 124 cm³/mol. The molecule has 0 saturated heterocycles. The fourth-order valence-electron chi connectivity index (χ4n) is 2.92. The van der Waals surface area contributed by atoms with Gasteiger partial charge in [0.15, 0.2) is 0 Å². The quantitative estimate of drug-likeness (QED) is 0.554. The summed E-state index contributed by atoms with van der Waals surface area (Å²) in [6.07, 6.45) is 2.89. The van der Waals surface area contributed by atoms with Crippen LogP contribution in [0.1, 0.15) is 0 Å². The highest BCUT2D eigenvalue weighted by Crippen LogP contribution is 2.38. The molecule has 0 aliphatic heterocycles. The van der Waals surface area contributed by atoms with Gasteiger partial charge in [0.05, 0.1) is 22.5 Å². The Bertz CT molecular complexity index is 1160. The van der Waals surface area contributed by atoms with E-state index in [0.717, 1.165) is 4.31 Å². The topological polar surface area (TPSA) is 81.2 Å². The van der Waals surface area contributed by atoms with Gasteiger partial charge in [0.25, 0.3) is 0 Å². The molecule has 0 atom stereocenters. The van der Waals surface area contributed by atoms with Crippen LogP contribution in [0, 0.1) is 0 Å². The molecular formula is C19H22Cl3FN4O2S. The van der Waals surface area contributed by atoms with Gasteiger partial charge < -0.3 is 10.3 Å². The van der Waals surface area contributed by atoms with E-state index in [1.165, 1.54) is 26.2 Å². The zero-order valence-corrected chi connectivity index (χ0v) is 19.5. The van der Waals surface area contributed by atoms with Crippen molar-refractivity contribution in [2.45, 2.75) is 11.4 Å². The number of rotatable bonds is 6. The fourth-order valence-corrected chi connectivity index (χ4v) is 4.22. The number of hydrogen-bond donors (Lipinski definition) is 1. The van der Waals surface area contributed by atoms with E-state index in [9.17, 15) is 12.8 Å². The molecule has 0 fully saturated rings. The first-order valence-electron chi connectivity index (χ1n) is 8.47. The van der Waals surface area contributed by atoms with Crippen LogP contribution in [0.2, 0.25) is 5.15 Å². The molecule has 0 amide bonds. The van der Waals surface area contributed by atoms with Crippen molar-refractivity contribution in [2.24, 2.45) is 5.73 Å². The van der Waals surface area contributed by atoms with Gasteiger partial charge in [-0.05, 0) is 35.9 Å². The Morgan fingerprint density at radius 2 is 1.97 bits per heavy atom. The van der Waals surface area contributed by atoms with E-state index in [-0.39, 0.29) is 48.0 Å². The van der Waals surface area contributed by atoms with Gasteiger partial charge in [0, 0.05) is 32.4 Å². The molecule has 0 aliphatic carbocycles.